The van der Waals surface area contributed by atoms with Crippen molar-refractivity contribution in [3.05, 3.63) is 12.7 Å². The molecular formula is C11H8F12O2. The van der Waals surface area contributed by atoms with Crippen molar-refractivity contribution in [1.29, 1.82) is 0 Å². The lowest BCUT2D eigenvalue weighted by Gasteiger charge is -2.39. The van der Waals surface area contributed by atoms with Crippen LogP contribution in [0.5, 0.6) is 0 Å². The van der Waals surface area contributed by atoms with E-state index in [1.54, 1.807) is 0 Å². The van der Waals surface area contributed by atoms with Gasteiger partial charge in [-0.2, -0.15) is 43.9 Å². The molecule has 0 aromatic carbocycles. The molecule has 0 aliphatic rings. The Labute approximate surface area is 131 Å². The van der Waals surface area contributed by atoms with Gasteiger partial charge >= 0.3 is 42.0 Å². The van der Waals surface area contributed by atoms with Gasteiger partial charge in [0, 0.05) is 6.08 Å². The Morgan fingerprint density at radius 1 is 0.880 bits per heavy atom. The second-order valence-corrected chi connectivity index (χ2v) is 4.47. The van der Waals surface area contributed by atoms with E-state index in [4.69, 9.17) is 0 Å². The van der Waals surface area contributed by atoms with E-state index in [1.807, 2.05) is 0 Å². The molecule has 25 heavy (non-hydrogen) atoms. The average molecular weight is 400 g/mol. The van der Waals surface area contributed by atoms with Gasteiger partial charge in [0.25, 0.3) is 0 Å². The Morgan fingerprint density at radius 3 is 1.68 bits per heavy atom. The summed E-state index contributed by atoms with van der Waals surface area (Å²) >= 11 is 0. The third-order valence-corrected chi connectivity index (χ3v) is 2.77. The smallest absolute Gasteiger partial charge is 0.384 e. The molecule has 0 aromatic heterocycles. The summed E-state index contributed by atoms with van der Waals surface area (Å²) in [7, 11) is 0. The Balaban J connectivity index is 5.70. The van der Waals surface area contributed by atoms with Crippen LogP contribution in [0.1, 0.15) is 6.42 Å². The van der Waals surface area contributed by atoms with Crippen molar-refractivity contribution in [2.75, 3.05) is 6.61 Å². The Hall–Kier alpha value is -1.63. The van der Waals surface area contributed by atoms with Crippen LogP contribution < -0.4 is 0 Å². The molecule has 0 amide bonds. The zero-order valence-corrected chi connectivity index (χ0v) is 11.6. The Morgan fingerprint density at radius 2 is 1.32 bits per heavy atom. The summed E-state index contributed by atoms with van der Waals surface area (Å²) in [5.41, 5.74) is 0. The number of rotatable bonds is 9. The summed E-state index contributed by atoms with van der Waals surface area (Å²) in [6.45, 7) is 1.05. The van der Waals surface area contributed by atoms with Crippen LogP contribution in [0.4, 0.5) is 52.7 Å². The SMILES string of the molecule is C=CC(=O)OCCC(F)(F)C(F)(F)C(F)(F)C(F)(F)C(F)(F)C(F)F. The molecule has 0 rings (SSSR count). The van der Waals surface area contributed by atoms with Gasteiger partial charge in [-0.05, 0) is 0 Å². The monoisotopic (exact) mass is 400 g/mol. The third kappa shape index (κ3) is 3.81. The molecule has 0 radical (unpaired) electrons. The number of alkyl halides is 12. The van der Waals surface area contributed by atoms with Crippen molar-refractivity contribution in [2.45, 2.75) is 42.5 Å². The molecular weight excluding hydrogens is 392 g/mol. The molecule has 0 aliphatic carbocycles. The quantitative estimate of drug-likeness (QED) is 0.323. The summed E-state index contributed by atoms with van der Waals surface area (Å²) in [6, 6.07) is 0. The average Bonchev–Trinajstić information content (AvgIpc) is 2.45. The van der Waals surface area contributed by atoms with Gasteiger partial charge in [0.2, 0.25) is 0 Å². The number of hydrogen-bond donors (Lipinski definition) is 0. The minimum absolute atomic E-state index is 0.349. The highest BCUT2D eigenvalue weighted by molar-refractivity contribution is 5.81. The number of halogens is 12. The highest BCUT2D eigenvalue weighted by atomic mass is 19.4. The summed E-state index contributed by atoms with van der Waals surface area (Å²) in [5, 5.41) is 0. The molecule has 0 spiro atoms. The van der Waals surface area contributed by atoms with Gasteiger partial charge in [-0.25, -0.2) is 13.6 Å². The van der Waals surface area contributed by atoms with Gasteiger partial charge in [-0.15, -0.1) is 0 Å². The van der Waals surface area contributed by atoms with Crippen molar-refractivity contribution < 1.29 is 62.2 Å². The first kappa shape index (κ1) is 23.4. The van der Waals surface area contributed by atoms with E-state index in [0.717, 1.165) is 0 Å². The summed E-state index contributed by atoms with van der Waals surface area (Å²) in [4.78, 5) is 10.5. The Kier molecular flexibility index (Phi) is 6.49. The molecule has 0 heterocycles. The van der Waals surface area contributed by atoms with E-state index in [-0.39, 0.29) is 0 Å². The predicted molar refractivity (Wildman–Crippen MR) is 56.5 cm³/mol. The summed E-state index contributed by atoms with van der Waals surface area (Å²) in [5.74, 6) is -36.9. The first-order valence-electron chi connectivity index (χ1n) is 5.86. The topological polar surface area (TPSA) is 26.3 Å². The fourth-order valence-corrected chi connectivity index (χ4v) is 1.27. The maximum Gasteiger partial charge on any atom is 0.384 e. The van der Waals surface area contributed by atoms with Crippen LogP contribution in [0, 0.1) is 0 Å². The number of hydrogen-bond acceptors (Lipinski definition) is 2. The maximum atomic E-state index is 13.2. The molecule has 0 atom stereocenters. The number of carbonyl (C=O) groups is 1. The van der Waals surface area contributed by atoms with E-state index < -0.39 is 55.0 Å². The maximum absolute atomic E-state index is 13.2. The predicted octanol–water partition coefficient (Wildman–Crippen LogP) is 4.55. The second-order valence-electron chi connectivity index (χ2n) is 4.47. The molecule has 0 aromatic rings. The zero-order chi connectivity index (χ0) is 20.5. The van der Waals surface area contributed by atoms with E-state index in [9.17, 15) is 57.5 Å². The Bertz CT molecular complexity index is 499. The number of esters is 1. The summed E-state index contributed by atoms with van der Waals surface area (Å²) in [6.07, 6.45) is -7.69. The van der Waals surface area contributed by atoms with Crippen LogP contribution in [0.2, 0.25) is 0 Å². The van der Waals surface area contributed by atoms with Crippen LogP contribution >= 0.6 is 0 Å². The van der Waals surface area contributed by atoms with Crippen LogP contribution in [0.25, 0.3) is 0 Å². The molecule has 0 unspecified atom stereocenters. The van der Waals surface area contributed by atoms with E-state index in [1.165, 1.54) is 0 Å². The molecule has 0 aliphatic heterocycles. The molecule has 14 heteroatoms. The van der Waals surface area contributed by atoms with Gasteiger partial charge in [0.05, 0.1) is 13.0 Å². The van der Waals surface area contributed by atoms with Gasteiger partial charge in [-0.3, -0.25) is 0 Å². The van der Waals surface area contributed by atoms with Gasteiger partial charge in [0.15, 0.2) is 0 Å². The third-order valence-electron chi connectivity index (χ3n) is 2.77. The fourth-order valence-electron chi connectivity index (χ4n) is 1.27. The molecule has 0 bridgehead atoms. The van der Waals surface area contributed by atoms with Crippen LogP contribution in [0.3, 0.4) is 0 Å². The lowest BCUT2D eigenvalue weighted by molar-refractivity contribution is -0.413. The van der Waals surface area contributed by atoms with Gasteiger partial charge < -0.3 is 4.74 Å². The van der Waals surface area contributed by atoms with Gasteiger partial charge in [-0.1, -0.05) is 6.58 Å². The molecule has 0 saturated heterocycles. The zero-order valence-electron chi connectivity index (χ0n) is 11.6. The van der Waals surface area contributed by atoms with Crippen LogP contribution in [-0.2, 0) is 9.53 Å². The van der Waals surface area contributed by atoms with Crippen molar-refractivity contribution in [3.63, 3.8) is 0 Å². The minimum atomic E-state index is -7.58. The van der Waals surface area contributed by atoms with Crippen molar-refractivity contribution in [2.24, 2.45) is 0 Å². The lowest BCUT2D eigenvalue weighted by Crippen LogP contribution is -2.68. The van der Waals surface area contributed by atoms with Crippen molar-refractivity contribution in [1.82, 2.24) is 0 Å². The highest BCUT2D eigenvalue weighted by Gasteiger charge is 2.87. The number of ether oxygens (including phenoxy) is 1. The van der Waals surface area contributed by atoms with Crippen molar-refractivity contribution in [3.8, 4) is 0 Å². The standard InChI is InChI=1S/C11H8F12O2/c1-2-5(24)25-4-3-7(14,15)9(18,19)11(22,23)10(20,21)8(16,17)6(12)13/h2,6H,1,3-4H2. The highest BCUT2D eigenvalue weighted by Crippen LogP contribution is 2.58. The summed E-state index contributed by atoms with van der Waals surface area (Å²) < 4.78 is 157. The van der Waals surface area contributed by atoms with Crippen LogP contribution in [-0.4, -0.2) is 48.6 Å². The molecule has 0 fully saturated rings. The molecule has 148 valence electrons. The second kappa shape index (κ2) is 6.94. The lowest BCUT2D eigenvalue weighted by atomic mass is 9.93. The van der Waals surface area contributed by atoms with Crippen molar-refractivity contribution >= 4 is 5.97 Å². The first-order chi connectivity index (χ1) is 10.9. The largest absolute Gasteiger partial charge is 0.462 e. The van der Waals surface area contributed by atoms with E-state index in [0.29, 0.717) is 6.08 Å². The number of carbonyl (C=O) groups excluding carboxylic acids is 1. The molecule has 0 saturated carbocycles. The molecule has 0 N–H and O–H groups in total. The minimum Gasteiger partial charge on any atom is -0.462 e. The fraction of sp³-hybridized carbons (Fsp3) is 0.727. The van der Waals surface area contributed by atoms with E-state index in [2.05, 4.69) is 11.3 Å². The van der Waals surface area contributed by atoms with Crippen LogP contribution in [0.15, 0.2) is 12.7 Å². The molecule has 2 nitrogen and oxygen atoms in total. The normalized spacial score (nSPS) is 14.6. The van der Waals surface area contributed by atoms with E-state index >= 15 is 0 Å². The van der Waals surface area contributed by atoms with Gasteiger partial charge in [0.1, 0.15) is 0 Å². The first-order valence-corrected chi connectivity index (χ1v) is 5.86.